The van der Waals surface area contributed by atoms with E-state index in [9.17, 15) is 4.79 Å². The number of thiophene rings is 1. The number of halogens is 1. The molecular formula is C19H19ClN4O2S. The molecule has 6 nitrogen and oxygen atoms in total. The van der Waals surface area contributed by atoms with Crippen LogP contribution < -0.4 is 15.4 Å². The van der Waals surface area contributed by atoms with Gasteiger partial charge >= 0.3 is 5.97 Å². The Morgan fingerprint density at radius 2 is 2.15 bits per heavy atom. The molecule has 4 rings (SSSR count). The maximum absolute atomic E-state index is 11.4. The molecule has 3 heterocycles. The fourth-order valence-corrected chi connectivity index (χ4v) is 4.37. The molecule has 0 saturated carbocycles. The van der Waals surface area contributed by atoms with E-state index in [4.69, 9.17) is 16.3 Å². The summed E-state index contributed by atoms with van der Waals surface area (Å²) in [4.78, 5) is 12.5. The molecule has 1 unspecified atom stereocenters. The van der Waals surface area contributed by atoms with E-state index < -0.39 is 5.97 Å². The first kappa shape index (κ1) is 18.2. The van der Waals surface area contributed by atoms with Crippen LogP contribution in [0.3, 0.4) is 0 Å². The lowest BCUT2D eigenvalue weighted by Crippen LogP contribution is -2.38. The minimum Gasteiger partial charge on any atom is -0.404 e. The van der Waals surface area contributed by atoms with Crippen LogP contribution in [0, 0.1) is 0 Å². The Balaban J connectivity index is 1.76. The van der Waals surface area contributed by atoms with E-state index in [-0.39, 0.29) is 5.88 Å². The zero-order chi connectivity index (χ0) is 18.8. The van der Waals surface area contributed by atoms with Crippen LogP contribution in [0.15, 0.2) is 30.3 Å². The summed E-state index contributed by atoms with van der Waals surface area (Å²) in [5.74, 6) is 0.547. The summed E-state index contributed by atoms with van der Waals surface area (Å²) in [6.45, 7) is 3.30. The van der Waals surface area contributed by atoms with Crippen LogP contribution in [0.2, 0.25) is 5.02 Å². The summed E-state index contributed by atoms with van der Waals surface area (Å²) < 4.78 is 6.08. The molecule has 1 aliphatic rings. The van der Waals surface area contributed by atoms with Gasteiger partial charge < -0.3 is 15.4 Å². The fourth-order valence-electron chi connectivity index (χ4n) is 3.15. The van der Waals surface area contributed by atoms with Crippen LogP contribution in [0.1, 0.15) is 19.8 Å². The Morgan fingerprint density at radius 3 is 2.85 bits per heavy atom. The first-order valence-electron chi connectivity index (χ1n) is 8.82. The first-order chi connectivity index (χ1) is 13.1. The third-order valence-electron chi connectivity index (χ3n) is 4.43. The maximum Gasteiger partial charge on any atom is 0.309 e. The van der Waals surface area contributed by atoms with Crippen molar-refractivity contribution < 1.29 is 9.53 Å². The molecule has 3 aromatic rings. The first-order valence-corrected chi connectivity index (χ1v) is 10.0. The molecule has 0 amide bonds. The number of esters is 1. The average Bonchev–Trinajstić information content (AvgIpc) is 3.11. The van der Waals surface area contributed by atoms with Crippen LogP contribution in [0.25, 0.3) is 20.5 Å². The summed E-state index contributed by atoms with van der Waals surface area (Å²) in [7, 11) is 0. The maximum atomic E-state index is 11.4. The highest BCUT2D eigenvalue weighted by Crippen LogP contribution is 2.40. The topological polar surface area (TPSA) is 76.1 Å². The van der Waals surface area contributed by atoms with Crippen molar-refractivity contribution in [2.75, 3.05) is 18.4 Å². The van der Waals surface area contributed by atoms with Crippen molar-refractivity contribution in [3.63, 3.8) is 0 Å². The van der Waals surface area contributed by atoms with Gasteiger partial charge in [0.15, 0.2) is 5.82 Å². The number of carbonyl (C=O) groups is 1. The van der Waals surface area contributed by atoms with Crippen molar-refractivity contribution >= 4 is 44.8 Å². The van der Waals surface area contributed by atoms with E-state index in [1.54, 1.807) is 0 Å². The molecule has 8 heteroatoms. The van der Waals surface area contributed by atoms with E-state index in [0.29, 0.717) is 16.9 Å². The summed E-state index contributed by atoms with van der Waals surface area (Å²) in [5, 5.41) is 16.9. The van der Waals surface area contributed by atoms with Crippen molar-refractivity contribution in [3.8, 4) is 16.3 Å². The number of anilines is 1. The van der Waals surface area contributed by atoms with E-state index in [1.165, 1.54) is 18.3 Å². The zero-order valence-electron chi connectivity index (χ0n) is 14.8. The van der Waals surface area contributed by atoms with Gasteiger partial charge in [-0.05, 0) is 43.1 Å². The van der Waals surface area contributed by atoms with Gasteiger partial charge in [0.1, 0.15) is 4.70 Å². The lowest BCUT2D eigenvalue weighted by Gasteiger charge is -2.24. The van der Waals surface area contributed by atoms with Gasteiger partial charge in [-0.25, -0.2) is 0 Å². The SMILES string of the molecule is CC(=O)Oc1nnc(NC2CCCNC2)c2cc(-c3ccc(Cl)cc3)sc12. The summed E-state index contributed by atoms with van der Waals surface area (Å²) in [6.07, 6.45) is 2.20. The van der Waals surface area contributed by atoms with Crippen molar-refractivity contribution in [3.05, 3.63) is 35.4 Å². The molecule has 1 saturated heterocycles. The van der Waals surface area contributed by atoms with Gasteiger partial charge in [-0.2, -0.15) is 0 Å². The molecule has 2 N–H and O–H groups in total. The number of rotatable bonds is 4. The molecule has 1 fully saturated rings. The van der Waals surface area contributed by atoms with Gasteiger partial charge in [-0.3, -0.25) is 4.79 Å². The third-order valence-corrected chi connectivity index (χ3v) is 5.85. The molecule has 0 radical (unpaired) electrons. The number of aromatic nitrogens is 2. The Hall–Kier alpha value is -2.22. The van der Waals surface area contributed by atoms with Gasteiger partial charge in [-0.15, -0.1) is 21.5 Å². The average molecular weight is 403 g/mol. The minimum atomic E-state index is -0.413. The molecule has 1 atom stereocenters. The van der Waals surface area contributed by atoms with E-state index in [1.807, 2.05) is 24.3 Å². The van der Waals surface area contributed by atoms with Crippen LogP contribution in [0.4, 0.5) is 5.82 Å². The fraction of sp³-hybridized carbons (Fsp3) is 0.316. The number of ether oxygens (including phenoxy) is 1. The molecule has 1 aliphatic heterocycles. The van der Waals surface area contributed by atoms with E-state index in [0.717, 1.165) is 46.5 Å². The van der Waals surface area contributed by atoms with Crippen LogP contribution >= 0.6 is 22.9 Å². The summed E-state index contributed by atoms with van der Waals surface area (Å²) >= 11 is 7.53. The highest BCUT2D eigenvalue weighted by atomic mass is 35.5. The second kappa shape index (κ2) is 7.80. The number of piperidine rings is 1. The molecule has 1 aromatic carbocycles. The molecule has 2 aromatic heterocycles. The van der Waals surface area contributed by atoms with Gasteiger partial charge in [0.05, 0.1) is 0 Å². The summed E-state index contributed by atoms with van der Waals surface area (Å²) in [6, 6.07) is 10.0. The second-order valence-electron chi connectivity index (χ2n) is 6.50. The van der Waals surface area contributed by atoms with Crippen LogP contribution in [-0.4, -0.2) is 35.3 Å². The van der Waals surface area contributed by atoms with Gasteiger partial charge in [0, 0.05) is 34.8 Å². The minimum absolute atomic E-state index is 0.245. The van der Waals surface area contributed by atoms with Crippen molar-refractivity contribution in [1.82, 2.24) is 15.5 Å². The molecule has 0 aliphatic carbocycles. The highest BCUT2D eigenvalue weighted by molar-refractivity contribution is 7.22. The highest BCUT2D eigenvalue weighted by Gasteiger charge is 2.20. The number of hydrogen-bond acceptors (Lipinski definition) is 7. The lowest BCUT2D eigenvalue weighted by atomic mass is 10.1. The van der Waals surface area contributed by atoms with E-state index >= 15 is 0 Å². The number of carbonyl (C=O) groups excluding carboxylic acids is 1. The molecule has 140 valence electrons. The van der Waals surface area contributed by atoms with Gasteiger partial charge in [0.25, 0.3) is 5.88 Å². The Bertz CT molecular complexity index is 968. The lowest BCUT2D eigenvalue weighted by molar-refractivity contribution is -0.132. The molecular weight excluding hydrogens is 384 g/mol. The standard InChI is InChI=1S/C19H19ClN4O2S/c1-11(25)26-19-17-15(9-16(27-17)12-4-6-13(20)7-5-12)18(23-24-19)22-14-3-2-8-21-10-14/h4-7,9,14,21H,2-3,8,10H2,1H3,(H,22,23). The quantitative estimate of drug-likeness (QED) is 0.640. The number of fused-ring (bicyclic) bond motifs is 1. The van der Waals surface area contributed by atoms with Crippen LogP contribution in [0.5, 0.6) is 5.88 Å². The zero-order valence-corrected chi connectivity index (χ0v) is 16.4. The number of nitrogens with zero attached hydrogens (tertiary/aromatic N) is 2. The number of hydrogen-bond donors (Lipinski definition) is 2. The Kier molecular flexibility index (Phi) is 5.24. The Labute approximate surface area is 165 Å². The number of benzene rings is 1. The van der Waals surface area contributed by atoms with Gasteiger partial charge in [0.2, 0.25) is 0 Å². The van der Waals surface area contributed by atoms with Crippen LogP contribution in [-0.2, 0) is 4.79 Å². The summed E-state index contributed by atoms with van der Waals surface area (Å²) in [5.41, 5.74) is 1.04. The van der Waals surface area contributed by atoms with Gasteiger partial charge in [-0.1, -0.05) is 23.7 Å². The normalized spacial score (nSPS) is 17.0. The number of nitrogens with one attached hydrogen (secondary N) is 2. The molecule has 27 heavy (non-hydrogen) atoms. The predicted octanol–water partition coefficient (Wildman–Crippen LogP) is 4.10. The van der Waals surface area contributed by atoms with Crippen molar-refractivity contribution in [2.45, 2.75) is 25.8 Å². The van der Waals surface area contributed by atoms with Crippen molar-refractivity contribution in [1.29, 1.82) is 0 Å². The second-order valence-corrected chi connectivity index (χ2v) is 7.98. The monoisotopic (exact) mass is 402 g/mol. The predicted molar refractivity (Wildman–Crippen MR) is 109 cm³/mol. The molecule has 0 bridgehead atoms. The Morgan fingerprint density at radius 1 is 1.33 bits per heavy atom. The third kappa shape index (κ3) is 4.05. The molecule has 0 spiro atoms. The van der Waals surface area contributed by atoms with Crippen molar-refractivity contribution in [2.24, 2.45) is 0 Å². The largest absolute Gasteiger partial charge is 0.404 e. The van der Waals surface area contributed by atoms with E-state index in [2.05, 4.69) is 26.9 Å². The smallest absolute Gasteiger partial charge is 0.309 e.